The van der Waals surface area contributed by atoms with E-state index in [2.05, 4.69) is 29.4 Å². The van der Waals surface area contributed by atoms with Crippen LogP contribution in [0.15, 0.2) is 42.7 Å². The minimum atomic E-state index is -0.422. The van der Waals surface area contributed by atoms with E-state index in [0.717, 1.165) is 37.7 Å². The van der Waals surface area contributed by atoms with Crippen molar-refractivity contribution < 1.29 is 14.0 Å². The number of aryl methyl sites for hydroxylation is 1. The van der Waals surface area contributed by atoms with E-state index in [9.17, 15) is 14.0 Å². The van der Waals surface area contributed by atoms with Crippen molar-refractivity contribution in [2.75, 3.05) is 6.54 Å². The molecule has 0 bridgehead atoms. The number of hydrogen-bond donors (Lipinski definition) is 2. The second-order valence-corrected chi connectivity index (χ2v) is 10.0. The highest BCUT2D eigenvalue weighted by Crippen LogP contribution is 2.63. The third kappa shape index (κ3) is 3.85. The Morgan fingerprint density at radius 3 is 2.88 bits per heavy atom. The van der Waals surface area contributed by atoms with Crippen molar-refractivity contribution in [2.45, 2.75) is 51.4 Å². The molecule has 1 saturated carbocycles. The number of allylic oxidation sites excluding steroid dienone is 2. The normalized spacial score (nSPS) is 27.7. The Balaban J connectivity index is 1.34. The molecule has 3 aliphatic rings. The van der Waals surface area contributed by atoms with Crippen LogP contribution in [0.1, 0.15) is 72.0 Å². The summed E-state index contributed by atoms with van der Waals surface area (Å²) in [5, 5.41) is 2.77. The summed E-state index contributed by atoms with van der Waals surface area (Å²) < 4.78 is 13.9. The fraction of sp³-hybridized carbons (Fsp3) is 0.444. The lowest BCUT2D eigenvalue weighted by Crippen LogP contribution is -2.41. The van der Waals surface area contributed by atoms with Gasteiger partial charge in [-0.1, -0.05) is 19.1 Å². The SMILES string of the molecule is C[C@]12CCC3c4ccc(C(=O)NCCC(N)=O)cc4CCC3C1CC=C2c1cncc(F)c1. The number of nitrogens with zero attached hydrogens (tertiary/aromatic N) is 1. The number of rotatable bonds is 5. The van der Waals surface area contributed by atoms with Crippen molar-refractivity contribution in [3.63, 3.8) is 0 Å². The summed E-state index contributed by atoms with van der Waals surface area (Å²) in [4.78, 5) is 27.5. The Bertz CT molecular complexity index is 1140. The van der Waals surface area contributed by atoms with Crippen molar-refractivity contribution in [3.8, 4) is 0 Å². The number of fused-ring (bicyclic) bond motifs is 5. The van der Waals surface area contributed by atoms with Crippen LogP contribution in [-0.2, 0) is 11.2 Å². The number of halogens is 1. The predicted molar refractivity (Wildman–Crippen MR) is 125 cm³/mol. The Morgan fingerprint density at radius 2 is 2.09 bits per heavy atom. The maximum absolute atomic E-state index is 13.9. The molecule has 0 saturated heterocycles. The molecule has 0 radical (unpaired) electrons. The van der Waals surface area contributed by atoms with Crippen molar-refractivity contribution in [1.82, 2.24) is 10.3 Å². The highest BCUT2D eigenvalue weighted by atomic mass is 19.1. The topological polar surface area (TPSA) is 85.1 Å². The summed E-state index contributed by atoms with van der Waals surface area (Å²) in [5.41, 5.74) is 10.7. The van der Waals surface area contributed by atoms with E-state index in [4.69, 9.17) is 5.73 Å². The van der Waals surface area contributed by atoms with Crippen LogP contribution in [0, 0.1) is 23.1 Å². The summed E-state index contributed by atoms with van der Waals surface area (Å²) in [7, 11) is 0. The Labute approximate surface area is 193 Å². The average Bonchev–Trinajstić information content (AvgIpc) is 3.15. The molecule has 1 fully saturated rings. The van der Waals surface area contributed by atoms with Gasteiger partial charge in [0.2, 0.25) is 5.91 Å². The molecule has 33 heavy (non-hydrogen) atoms. The predicted octanol–water partition coefficient (Wildman–Crippen LogP) is 4.38. The van der Waals surface area contributed by atoms with E-state index < -0.39 is 5.91 Å². The minimum Gasteiger partial charge on any atom is -0.370 e. The van der Waals surface area contributed by atoms with E-state index >= 15 is 0 Å². The van der Waals surface area contributed by atoms with E-state index in [1.807, 2.05) is 12.1 Å². The Morgan fingerprint density at radius 1 is 1.24 bits per heavy atom. The molecule has 1 aromatic heterocycles. The molecule has 2 amide bonds. The standard InChI is InChI=1S/C27H30FN3O2/c1-27-10-8-21-20-4-3-17(26(33)31-11-9-25(29)32)12-16(20)2-5-22(21)24(27)7-6-23(27)18-13-19(28)15-30-14-18/h3-4,6,12-15,21-22,24H,2,5,7-11H2,1H3,(H2,29,32)(H,31,33)/t21?,22?,24?,27-/m1/s1. The molecule has 3 N–H and O–H groups in total. The number of nitrogens with two attached hydrogens (primary N) is 1. The highest BCUT2D eigenvalue weighted by molar-refractivity contribution is 5.94. The molecule has 6 heteroatoms. The van der Waals surface area contributed by atoms with Gasteiger partial charge in [-0.15, -0.1) is 0 Å². The van der Waals surface area contributed by atoms with Crippen molar-refractivity contribution in [3.05, 3.63) is 70.8 Å². The van der Waals surface area contributed by atoms with E-state index in [1.165, 1.54) is 22.9 Å². The lowest BCUT2D eigenvalue weighted by atomic mass is 9.54. The van der Waals surface area contributed by atoms with Gasteiger partial charge in [0.25, 0.3) is 5.91 Å². The second-order valence-electron chi connectivity index (χ2n) is 10.0. The molecule has 1 heterocycles. The van der Waals surface area contributed by atoms with Crippen LogP contribution in [0.3, 0.4) is 0 Å². The van der Waals surface area contributed by atoms with Crippen LogP contribution >= 0.6 is 0 Å². The van der Waals surface area contributed by atoms with Gasteiger partial charge in [0.1, 0.15) is 5.82 Å². The number of carbonyl (C=O) groups excluding carboxylic acids is 2. The van der Waals surface area contributed by atoms with Gasteiger partial charge in [0, 0.05) is 24.7 Å². The average molecular weight is 448 g/mol. The fourth-order valence-electron chi connectivity index (χ4n) is 6.70. The van der Waals surface area contributed by atoms with Gasteiger partial charge in [0.15, 0.2) is 0 Å². The maximum Gasteiger partial charge on any atom is 0.251 e. The minimum absolute atomic E-state index is 0.0500. The maximum atomic E-state index is 13.9. The summed E-state index contributed by atoms with van der Waals surface area (Å²) >= 11 is 0. The summed E-state index contributed by atoms with van der Waals surface area (Å²) in [6.07, 6.45) is 10.8. The zero-order valence-corrected chi connectivity index (χ0v) is 18.9. The molecular formula is C27H30FN3O2. The summed E-state index contributed by atoms with van der Waals surface area (Å²) in [6.45, 7) is 2.61. The molecule has 5 rings (SSSR count). The van der Waals surface area contributed by atoms with Crippen LogP contribution in [0.4, 0.5) is 4.39 Å². The fourth-order valence-corrected chi connectivity index (χ4v) is 6.70. The van der Waals surface area contributed by atoms with Gasteiger partial charge in [0.05, 0.1) is 6.20 Å². The second kappa shape index (κ2) is 8.40. The number of amides is 2. The molecule has 4 atom stereocenters. The first-order valence-corrected chi connectivity index (χ1v) is 11.9. The highest BCUT2D eigenvalue weighted by Gasteiger charge is 2.52. The van der Waals surface area contributed by atoms with Crippen molar-refractivity contribution >= 4 is 17.4 Å². The van der Waals surface area contributed by atoms with E-state index in [1.54, 1.807) is 12.3 Å². The molecule has 0 spiro atoms. The molecule has 3 unspecified atom stereocenters. The largest absolute Gasteiger partial charge is 0.370 e. The number of benzene rings is 1. The molecular weight excluding hydrogens is 417 g/mol. The molecule has 3 aliphatic carbocycles. The first kappa shape index (κ1) is 21.8. The van der Waals surface area contributed by atoms with Crippen LogP contribution in [0.2, 0.25) is 0 Å². The Kier molecular flexibility index (Phi) is 5.55. The van der Waals surface area contributed by atoms with Crippen molar-refractivity contribution in [1.29, 1.82) is 0 Å². The van der Waals surface area contributed by atoms with Crippen LogP contribution in [0.5, 0.6) is 0 Å². The first-order chi connectivity index (χ1) is 15.9. The van der Waals surface area contributed by atoms with Gasteiger partial charge in [-0.05, 0) is 95.7 Å². The zero-order valence-electron chi connectivity index (χ0n) is 18.9. The van der Waals surface area contributed by atoms with Crippen LogP contribution in [0.25, 0.3) is 5.57 Å². The third-order valence-electron chi connectivity index (χ3n) is 8.24. The molecule has 0 aliphatic heterocycles. The number of aromatic nitrogens is 1. The van der Waals surface area contributed by atoms with Crippen molar-refractivity contribution in [2.24, 2.45) is 23.0 Å². The number of pyridine rings is 1. The number of primary amides is 1. The third-order valence-corrected chi connectivity index (χ3v) is 8.24. The van der Waals surface area contributed by atoms with Gasteiger partial charge < -0.3 is 11.1 Å². The van der Waals surface area contributed by atoms with Crippen LogP contribution in [-0.4, -0.2) is 23.3 Å². The lowest BCUT2D eigenvalue weighted by molar-refractivity contribution is -0.117. The summed E-state index contributed by atoms with van der Waals surface area (Å²) in [5.74, 6) is 0.758. The van der Waals surface area contributed by atoms with Gasteiger partial charge in [-0.25, -0.2) is 4.39 Å². The zero-order chi connectivity index (χ0) is 23.2. The molecule has 2 aromatic rings. The number of hydrogen-bond acceptors (Lipinski definition) is 3. The number of nitrogens with one attached hydrogen (secondary N) is 1. The lowest BCUT2D eigenvalue weighted by Gasteiger charge is -2.50. The van der Waals surface area contributed by atoms with E-state index in [0.29, 0.717) is 23.3 Å². The molecule has 5 nitrogen and oxygen atoms in total. The van der Waals surface area contributed by atoms with Gasteiger partial charge in [-0.2, -0.15) is 0 Å². The van der Waals surface area contributed by atoms with E-state index in [-0.39, 0.29) is 30.1 Å². The van der Waals surface area contributed by atoms with Gasteiger partial charge >= 0.3 is 0 Å². The monoisotopic (exact) mass is 447 g/mol. The smallest absolute Gasteiger partial charge is 0.251 e. The quantitative estimate of drug-likeness (QED) is 0.714. The molecule has 1 aromatic carbocycles. The van der Waals surface area contributed by atoms with Crippen LogP contribution < -0.4 is 11.1 Å². The summed E-state index contributed by atoms with van der Waals surface area (Å²) in [6, 6.07) is 7.68. The Hall–Kier alpha value is -3.02. The van der Waals surface area contributed by atoms with Gasteiger partial charge in [-0.3, -0.25) is 14.6 Å². The first-order valence-electron chi connectivity index (χ1n) is 11.9. The number of carbonyl (C=O) groups is 2. The molecule has 172 valence electrons.